The number of hydrogen-bond acceptors (Lipinski definition) is 4. The second-order valence-electron chi connectivity index (χ2n) is 2.87. The van der Waals surface area contributed by atoms with Crippen LogP contribution < -0.4 is 10.3 Å². The summed E-state index contributed by atoms with van der Waals surface area (Å²) in [6.45, 7) is 0.757. The molecule has 0 fully saturated rings. The maximum Gasteiger partial charge on any atom is 0.212 e. The Balaban J connectivity index is 2.12. The first-order chi connectivity index (χ1) is 6.90. The number of hydrazone groups is 1. The van der Waals surface area contributed by atoms with Crippen LogP contribution in [-0.2, 0) is 4.79 Å². The Labute approximate surface area is 81.4 Å². The van der Waals surface area contributed by atoms with E-state index in [1.54, 1.807) is 11.2 Å². The zero-order valence-electron chi connectivity index (χ0n) is 7.55. The number of amides is 1. The van der Waals surface area contributed by atoms with Crippen molar-refractivity contribution in [3.63, 3.8) is 0 Å². The lowest BCUT2D eigenvalue weighted by atomic mass is 10.4. The standard InChI is InChI=1S/C9H10N4O/c14-7-11-8-4-6-13(12-8)9-3-1-2-5-10-9/h1-3,5,7H,4,6H2,(H,11,12,14). The van der Waals surface area contributed by atoms with Gasteiger partial charge in [-0.2, -0.15) is 5.10 Å². The molecule has 1 N–H and O–H groups in total. The molecule has 1 aliphatic heterocycles. The molecule has 0 saturated heterocycles. The van der Waals surface area contributed by atoms with E-state index >= 15 is 0 Å². The van der Waals surface area contributed by atoms with Gasteiger partial charge < -0.3 is 5.32 Å². The van der Waals surface area contributed by atoms with Crippen LogP contribution in [0.2, 0.25) is 0 Å². The SMILES string of the molecule is O=CNC1=NN(c2ccccn2)CC1. The molecule has 1 aromatic heterocycles. The normalized spacial score (nSPS) is 15.1. The Kier molecular flexibility index (Phi) is 2.40. The topological polar surface area (TPSA) is 57.6 Å². The van der Waals surface area contributed by atoms with Gasteiger partial charge in [-0.3, -0.25) is 4.79 Å². The van der Waals surface area contributed by atoms with E-state index in [2.05, 4.69) is 15.4 Å². The van der Waals surface area contributed by atoms with Crippen LogP contribution >= 0.6 is 0 Å². The molecule has 0 radical (unpaired) electrons. The minimum atomic E-state index is 0.640. The van der Waals surface area contributed by atoms with Crippen LogP contribution in [0.5, 0.6) is 0 Å². The van der Waals surface area contributed by atoms with Gasteiger partial charge in [0.05, 0.1) is 6.54 Å². The highest BCUT2D eigenvalue weighted by molar-refractivity contribution is 5.92. The molecule has 1 aromatic rings. The second kappa shape index (κ2) is 3.87. The Bertz CT molecular complexity index is 349. The van der Waals surface area contributed by atoms with E-state index < -0.39 is 0 Å². The van der Waals surface area contributed by atoms with Gasteiger partial charge in [0.2, 0.25) is 6.41 Å². The van der Waals surface area contributed by atoms with Gasteiger partial charge in [-0.15, -0.1) is 0 Å². The van der Waals surface area contributed by atoms with Crippen LogP contribution in [0.1, 0.15) is 6.42 Å². The van der Waals surface area contributed by atoms with E-state index in [4.69, 9.17) is 0 Å². The van der Waals surface area contributed by atoms with Crippen molar-refractivity contribution in [2.24, 2.45) is 5.10 Å². The minimum absolute atomic E-state index is 0.640. The van der Waals surface area contributed by atoms with E-state index in [-0.39, 0.29) is 0 Å². The number of amidine groups is 1. The average molecular weight is 190 g/mol. The van der Waals surface area contributed by atoms with Crippen molar-refractivity contribution < 1.29 is 4.79 Å². The van der Waals surface area contributed by atoms with Crippen molar-refractivity contribution in [3.05, 3.63) is 24.4 Å². The van der Waals surface area contributed by atoms with E-state index in [0.717, 1.165) is 18.8 Å². The van der Waals surface area contributed by atoms with E-state index in [1.165, 1.54) is 0 Å². The fourth-order valence-electron chi connectivity index (χ4n) is 1.30. The van der Waals surface area contributed by atoms with Crippen molar-refractivity contribution in [3.8, 4) is 0 Å². The monoisotopic (exact) mass is 190 g/mol. The zero-order valence-corrected chi connectivity index (χ0v) is 7.55. The summed E-state index contributed by atoms with van der Waals surface area (Å²) in [6.07, 6.45) is 3.10. The van der Waals surface area contributed by atoms with Crippen LogP contribution in [0.3, 0.4) is 0 Å². The van der Waals surface area contributed by atoms with Crippen molar-refractivity contribution >= 4 is 18.1 Å². The number of anilines is 1. The van der Waals surface area contributed by atoms with Crippen molar-refractivity contribution in [1.82, 2.24) is 10.3 Å². The number of nitrogens with one attached hydrogen (secondary N) is 1. The number of carbonyl (C=O) groups excluding carboxylic acids is 1. The third-order valence-electron chi connectivity index (χ3n) is 1.94. The summed E-state index contributed by atoms with van der Waals surface area (Å²) in [5.41, 5.74) is 0. The van der Waals surface area contributed by atoms with Crippen molar-refractivity contribution in [1.29, 1.82) is 0 Å². The molecule has 1 amide bonds. The molecule has 0 aromatic carbocycles. The number of aromatic nitrogens is 1. The number of pyridine rings is 1. The van der Waals surface area contributed by atoms with Crippen LogP contribution in [-0.4, -0.2) is 23.8 Å². The molecule has 0 bridgehead atoms. The van der Waals surface area contributed by atoms with Crippen molar-refractivity contribution in [2.75, 3.05) is 11.6 Å². The van der Waals surface area contributed by atoms with Gasteiger partial charge in [-0.1, -0.05) is 6.07 Å². The summed E-state index contributed by atoms with van der Waals surface area (Å²) < 4.78 is 0. The fourth-order valence-corrected chi connectivity index (χ4v) is 1.30. The smallest absolute Gasteiger partial charge is 0.212 e. The summed E-state index contributed by atoms with van der Waals surface area (Å²) in [5.74, 6) is 1.49. The van der Waals surface area contributed by atoms with Crippen molar-refractivity contribution in [2.45, 2.75) is 6.42 Å². The summed E-state index contributed by atoms with van der Waals surface area (Å²) >= 11 is 0. The highest BCUT2D eigenvalue weighted by Crippen LogP contribution is 2.14. The molecule has 0 atom stereocenters. The highest BCUT2D eigenvalue weighted by Gasteiger charge is 2.15. The maximum absolute atomic E-state index is 10.2. The van der Waals surface area contributed by atoms with Crippen LogP contribution in [0, 0.1) is 0 Å². The first-order valence-electron chi connectivity index (χ1n) is 4.36. The molecule has 5 heteroatoms. The Morgan fingerprint density at radius 2 is 2.43 bits per heavy atom. The van der Waals surface area contributed by atoms with Gasteiger partial charge in [0.1, 0.15) is 11.7 Å². The molecule has 72 valence electrons. The number of nitrogens with zero attached hydrogens (tertiary/aromatic N) is 3. The lowest BCUT2D eigenvalue weighted by Crippen LogP contribution is -2.18. The Morgan fingerprint density at radius 3 is 3.14 bits per heavy atom. The number of carbonyl (C=O) groups is 1. The highest BCUT2D eigenvalue weighted by atomic mass is 16.1. The average Bonchev–Trinajstić information content (AvgIpc) is 2.68. The number of hydrogen-bond donors (Lipinski definition) is 1. The van der Waals surface area contributed by atoms with Gasteiger partial charge in [0, 0.05) is 12.6 Å². The first kappa shape index (κ1) is 8.68. The Morgan fingerprint density at radius 1 is 1.50 bits per heavy atom. The van der Waals surface area contributed by atoms with Crippen LogP contribution in [0.4, 0.5) is 5.82 Å². The predicted octanol–water partition coefficient (Wildman–Crippen LogP) is 0.351. The molecule has 0 aliphatic carbocycles. The minimum Gasteiger partial charge on any atom is -0.315 e. The maximum atomic E-state index is 10.2. The summed E-state index contributed by atoms with van der Waals surface area (Å²) in [7, 11) is 0. The van der Waals surface area contributed by atoms with Crippen LogP contribution in [0.25, 0.3) is 0 Å². The van der Waals surface area contributed by atoms with Gasteiger partial charge in [0.25, 0.3) is 0 Å². The van der Waals surface area contributed by atoms with Gasteiger partial charge in [0.15, 0.2) is 0 Å². The second-order valence-corrected chi connectivity index (χ2v) is 2.87. The first-order valence-corrected chi connectivity index (χ1v) is 4.36. The molecular formula is C9H10N4O. The molecule has 14 heavy (non-hydrogen) atoms. The summed E-state index contributed by atoms with van der Waals surface area (Å²) in [4.78, 5) is 14.3. The predicted molar refractivity (Wildman–Crippen MR) is 52.8 cm³/mol. The molecule has 1 aliphatic rings. The molecule has 2 rings (SSSR count). The van der Waals surface area contributed by atoms with E-state index in [0.29, 0.717) is 12.2 Å². The fraction of sp³-hybridized carbons (Fsp3) is 0.222. The van der Waals surface area contributed by atoms with E-state index in [1.807, 2.05) is 18.2 Å². The quantitative estimate of drug-likeness (QED) is 0.684. The van der Waals surface area contributed by atoms with Gasteiger partial charge in [-0.25, -0.2) is 9.99 Å². The van der Waals surface area contributed by atoms with E-state index in [9.17, 15) is 4.79 Å². The van der Waals surface area contributed by atoms with Crippen LogP contribution in [0.15, 0.2) is 29.5 Å². The largest absolute Gasteiger partial charge is 0.315 e. The van der Waals surface area contributed by atoms with Gasteiger partial charge >= 0.3 is 0 Å². The molecule has 0 unspecified atom stereocenters. The lowest BCUT2D eigenvalue weighted by molar-refractivity contribution is -0.108. The third kappa shape index (κ3) is 1.71. The third-order valence-corrected chi connectivity index (χ3v) is 1.94. The number of rotatable bonds is 2. The Hall–Kier alpha value is -1.91. The molecule has 0 spiro atoms. The lowest BCUT2D eigenvalue weighted by Gasteiger charge is -2.10. The molecular weight excluding hydrogens is 180 g/mol. The molecule has 5 nitrogen and oxygen atoms in total. The molecule has 2 heterocycles. The molecule has 0 saturated carbocycles. The summed E-state index contributed by atoms with van der Waals surface area (Å²) in [5, 5.41) is 8.51. The van der Waals surface area contributed by atoms with Gasteiger partial charge in [-0.05, 0) is 12.1 Å². The summed E-state index contributed by atoms with van der Waals surface area (Å²) in [6, 6.07) is 5.64. The zero-order chi connectivity index (χ0) is 9.80.